The molecule has 98 valence electrons. The molecule has 0 aromatic heterocycles. The van der Waals surface area contributed by atoms with Crippen LogP contribution in [0.3, 0.4) is 0 Å². The van der Waals surface area contributed by atoms with E-state index in [1.807, 2.05) is 0 Å². The fraction of sp³-hybridized carbons (Fsp3) is 0.462. The van der Waals surface area contributed by atoms with Crippen LogP contribution in [0.4, 0.5) is 8.78 Å². The highest BCUT2D eigenvalue weighted by atomic mass is 19.2. The number of benzene rings is 1. The molecule has 0 aliphatic heterocycles. The first-order valence-electron chi connectivity index (χ1n) is 5.90. The molecule has 1 aliphatic carbocycles. The lowest BCUT2D eigenvalue weighted by Gasteiger charge is -2.41. The second kappa shape index (κ2) is 5.02. The Bertz CT molecular complexity index is 453. The average molecular weight is 255 g/mol. The highest BCUT2D eigenvalue weighted by Gasteiger charge is 2.37. The number of carbonyl (C=O) groups excluding carboxylic acids is 1. The molecule has 0 saturated heterocycles. The third-order valence-electron chi connectivity index (χ3n) is 3.37. The van der Waals surface area contributed by atoms with Crippen LogP contribution in [0.5, 0.6) is 0 Å². The number of nitrogens with one attached hydrogen (secondary N) is 1. The van der Waals surface area contributed by atoms with E-state index < -0.39 is 17.2 Å². The summed E-state index contributed by atoms with van der Waals surface area (Å²) in [5.41, 5.74) is -0.0887. The van der Waals surface area contributed by atoms with E-state index in [9.17, 15) is 18.7 Å². The molecule has 18 heavy (non-hydrogen) atoms. The minimum atomic E-state index is -0.958. The van der Waals surface area contributed by atoms with Crippen molar-refractivity contribution in [3.05, 3.63) is 35.4 Å². The highest BCUT2D eigenvalue weighted by molar-refractivity contribution is 5.79. The molecule has 2 N–H and O–H groups in total. The van der Waals surface area contributed by atoms with Gasteiger partial charge < -0.3 is 10.4 Å². The van der Waals surface area contributed by atoms with Crippen LogP contribution in [0.2, 0.25) is 0 Å². The van der Waals surface area contributed by atoms with E-state index in [2.05, 4.69) is 5.32 Å². The smallest absolute Gasteiger partial charge is 0.224 e. The first-order valence-corrected chi connectivity index (χ1v) is 5.90. The molecular formula is C13H15F2NO2. The van der Waals surface area contributed by atoms with E-state index in [4.69, 9.17) is 0 Å². The Balaban J connectivity index is 1.96. The van der Waals surface area contributed by atoms with Gasteiger partial charge in [0.2, 0.25) is 5.91 Å². The van der Waals surface area contributed by atoms with Gasteiger partial charge in [-0.1, -0.05) is 6.07 Å². The normalized spacial score (nSPS) is 17.1. The number of hydrogen-bond donors (Lipinski definition) is 2. The molecule has 1 amide bonds. The van der Waals surface area contributed by atoms with Crippen molar-refractivity contribution < 1.29 is 18.7 Å². The maximum Gasteiger partial charge on any atom is 0.224 e. The van der Waals surface area contributed by atoms with E-state index in [0.29, 0.717) is 5.56 Å². The van der Waals surface area contributed by atoms with Crippen LogP contribution in [0, 0.1) is 11.6 Å². The number of aliphatic hydroxyl groups is 1. The molecular weight excluding hydrogens is 240 g/mol. The number of amides is 1. The molecule has 1 saturated carbocycles. The van der Waals surface area contributed by atoms with Crippen LogP contribution in [0.25, 0.3) is 0 Å². The molecule has 1 aromatic rings. The fourth-order valence-electron chi connectivity index (χ4n) is 2.10. The number of aliphatic hydroxyl groups excluding tert-OH is 1. The van der Waals surface area contributed by atoms with Crippen LogP contribution >= 0.6 is 0 Å². The van der Waals surface area contributed by atoms with Gasteiger partial charge in [-0.05, 0) is 37.0 Å². The van der Waals surface area contributed by atoms with E-state index in [1.54, 1.807) is 0 Å². The predicted molar refractivity (Wildman–Crippen MR) is 61.9 cm³/mol. The Morgan fingerprint density at radius 2 is 2.06 bits per heavy atom. The zero-order valence-electron chi connectivity index (χ0n) is 9.88. The summed E-state index contributed by atoms with van der Waals surface area (Å²) < 4.78 is 25.7. The second-order valence-electron chi connectivity index (χ2n) is 4.77. The fourth-order valence-corrected chi connectivity index (χ4v) is 2.10. The molecule has 0 unspecified atom stereocenters. The van der Waals surface area contributed by atoms with Gasteiger partial charge >= 0.3 is 0 Å². The zero-order valence-corrected chi connectivity index (χ0v) is 9.88. The standard InChI is InChI=1S/C13H15F2NO2/c14-10-3-2-9(6-11(10)15)7-12(18)16-13(8-17)4-1-5-13/h2-3,6,17H,1,4-5,7-8H2,(H,16,18). The molecule has 0 bridgehead atoms. The van der Waals surface area contributed by atoms with Crippen molar-refractivity contribution in [1.82, 2.24) is 5.32 Å². The lowest BCUT2D eigenvalue weighted by molar-refractivity contribution is -0.124. The summed E-state index contributed by atoms with van der Waals surface area (Å²) in [5, 5.41) is 12.0. The van der Waals surface area contributed by atoms with Gasteiger partial charge in [0, 0.05) is 0 Å². The molecule has 1 aliphatic rings. The minimum Gasteiger partial charge on any atom is -0.394 e. The van der Waals surface area contributed by atoms with Crippen LogP contribution < -0.4 is 5.32 Å². The van der Waals surface area contributed by atoms with Crippen molar-refractivity contribution in [1.29, 1.82) is 0 Å². The number of hydrogen-bond acceptors (Lipinski definition) is 2. The maximum absolute atomic E-state index is 13.0. The van der Waals surface area contributed by atoms with Crippen molar-refractivity contribution in [2.75, 3.05) is 6.61 Å². The molecule has 0 radical (unpaired) electrons. The largest absolute Gasteiger partial charge is 0.394 e. The van der Waals surface area contributed by atoms with E-state index >= 15 is 0 Å². The summed E-state index contributed by atoms with van der Waals surface area (Å²) in [4.78, 5) is 11.7. The molecule has 0 heterocycles. The number of carbonyl (C=O) groups is 1. The van der Waals surface area contributed by atoms with E-state index in [1.165, 1.54) is 6.07 Å². The van der Waals surface area contributed by atoms with Gasteiger partial charge in [0.15, 0.2) is 11.6 Å². The first kappa shape index (κ1) is 13.0. The molecule has 0 atom stereocenters. The molecule has 1 fully saturated rings. The zero-order chi connectivity index (χ0) is 13.2. The third-order valence-corrected chi connectivity index (χ3v) is 3.37. The summed E-state index contributed by atoms with van der Waals surface area (Å²) in [7, 11) is 0. The Morgan fingerprint density at radius 3 is 2.56 bits per heavy atom. The topological polar surface area (TPSA) is 49.3 Å². The maximum atomic E-state index is 13.0. The molecule has 1 aromatic carbocycles. The summed E-state index contributed by atoms with van der Waals surface area (Å²) in [6.45, 7) is -0.0868. The summed E-state index contributed by atoms with van der Waals surface area (Å²) in [5.74, 6) is -2.17. The third kappa shape index (κ3) is 2.67. The van der Waals surface area contributed by atoms with Crippen LogP contribution in [-0.2, 0) is 11.2 Å². The molecule has 2 rings (SSSR count). The SMILES string of the molecule is O=C(Cc1ccc(F)c(F)c1)NC1(CO)CCC1. The number of rotatable bonds is 4. The van der Waals surface area contributed by atoms with Crippen molar-refractivity contribution in [3.8, 4) is 0 Å². The van der Waals surface area contributed by atoms with Gasteiger partial charge in [0.1, 0.15) is 0 Å². The van der Waals surface area contributed by atoms with Crippen LogP contribution in [0.1, 0.15) is 24.8 Å². The summed E-state index contributed by atoms with van der Waals surface area (Å²) >= 11 is 0. The monoisotopic (exact) mass is 255 g/mol. The summed E-state index contributed by atoms with van der Waals surface area (Å²) in [6.07, 6.45) is 2.48. The van der Waals surface area contributed by atoms with Crippen molar-refractivity contribution in [3.63, 3.8) is 0 Å². The Kier molecular flexibility index (Phi) is 3.61. The average Bonchev–Trinajstić information content (AvgIpc) is 2.29. The predicted octanol–water partition coefficient (Wildman–Crippen LogP) is 1.54. The van der Waals surface area contributed by atoms with Gasteiger partial charge in [-0.2, -0.15) is 0 Å². The van der Waals surface area contributed by atoms with Crippen molar-refractivity contribution >= 4 is 5.91 Å². The van der Waals surface area contributed by atoms with Gasteiger partial charge in [-0.25, -0.2) is 8.78 Å². The van der Waals surface area contributed by atoms with Gasteiger partial charge in [-0.3, -0.25) is 4.79 Å². The minimum absolute atomic E-state index is 0.0149. The number of halogens is 2. The van der Waals surface area contributed by atoms with E-state index in [0.717, 1.165) is 31.4 Å². The van der Waals surface area contributed by atoms with Crippen LogP contribution in [0.15, 0.2) is 18.2 Å². The molecule has 5 heteroatoms. The summed E-state index contributed by atoms with van der Waals surface area (Å²) in [6, 6.07) is 3.40. The van der Waals surface area contributed by atoms with Gasteiger partial charge in [-0.15, -0.1) is 0 Å². The Morgan fingerprint density at radius 1 is 1.33 bits per heavy atom. The lowest BCUT2D eigenvalue weighted by Crippen LogP contribution is -2.56. The van der Waals surface area contributed by atoms with E-state index in [-0.39, 0.29) is 18.9 Å². The Labute approximate surface area is 104 Å². The Hall–Kier alpha value is -1.49. The van der Waals surface area contributed by atoms with Crippen molar-refractivity contribution in [2.45, 2.75) is 31.2 Å². The van der Waals surface area contributed by atoms with Gasteiger partial charge in [0.25, 0.3) is 0 Å². The lowest BCUT2D eigenvalue weighted by atomic mass is 9.77. The quantitative estimate of drug-likeness (QED) is 0.857. The van der Waals surface area contributed by atoms with Crippen molar-refractivity contribution in [2.24, 2.45) is 0 Å². The van der Waals surface area contributed by atoms with Crippen LogP contribution in [-0.4, -0.2) is 23.2 Å². The molecule has 3 nitrogen and oxygen atoms in total. The molecule has 0 spiro atoms. The first-order chi connectivity index (χ1) is 8.54. The second-order valence-corrected chi connectivity index (χ2v) is 4.77. The highest BCUT2D eigenvalue weighted by Crippen LogP contribution is 2.31. The van der Waals surface area contributed by atoms with Gasteiger partial charge in [0.05, 0.1) is 18.6 Å².